The Hall–Kier alpha value is -2.87. The van der Waals surface area contributed by atoms with Crippen LogP contribution in [-0.2, 0) is 0 Å². The standard InChI is InChI=1S/C19H27N7O/c1-4-13(2)14(3)26-12-16(18(20)27)19(24-26)23-17-6-5-15(11-22-17)25-9-7-21-8-10-25/h5-6,11-12,21H,4,7-10H2,1-3H3,(H2,20,27)(H,22,23,24)/b14-13-. The zero-order chi connectivity index (χ0) is 19.4. The van der Waals surface area contributed by atoms with Gasteiger partial charge in [0.05, 0.1) is 11.9 Å². The first-order valence-electron chi connectivity index (χ1n) is 9.24. The van der Waals surface area contributed by atoms with Crippen molar-refractivity contribution in [1.82, 2.24) is 20.1 Å². The van der Waals surface area contributed by atoms with Crippen molar-refractivity contribution >= 4 is 28.9 Å². The van der Waals surface area contributed by atoms with E-state index >= 15 is 0 Å². The fraction of sp³-hybridized carbons (Fsp3) is 0.421. The molecule has 1 aliphatic rings. The van der Waals surface area contributed by atoms with Gasteiger partial charge < -0.3 is 21.3 Å². The van der Waals surface area contributed by atoms with E-state index in [1.54, 1.807) is 10.9 Å². The first-order valence-corrected chi connectivity index (χ1v) is 9.24. The van der Waals surface area contributed by atoms with Crippen molar-refractivity contribution in [3.63, 3.8) is 0 Å². The molecule has 1 aliphatic heterocycles. The highest BCUT2D eigenvalue weighted by atomic mass is 16.1. The van der Waals surface area contributed by atoms with Crippen LogP contribution in [-0.4, -0.2) is 46.9 Å². The molecule has 0 aromatic carbocycles. The van der Waals surface area contributed by atoms with Crippen molar-refractivity contribution in [1.29, 1.82) is 0 Å². The van der Waals surface area contributed by atoms with E-state index in [9.17, 15) is 4.79 Å². The maximum Gasteiger partial charge on any atom is 0.254 e. The van der Waals surface area contributed by atoms with Gasteiger partial charge in [0, 0.05) is 38.1 Å². The van der Waals surface area contributed by atoms with E-state index in [2.05, 4.69) is 32.5 Å². The summed E-state index contributed by atoms with van der Waals surface area (Å²) in [6.45, 7) is 9.98. The van der Waals surface area contributed by atoms with Gasteiger partial charge in [-0.3, -0.25) is 4.79 Å². The number of allylic oxidation sites excluding steroid dienone is 2. The summed E-state index contributed by atoms with van der Waals surface area (Å²) in [6.07, 6.45) is 4.41. The summed E-state index contributed by atoms with van der Waals surface area (Å²) >= 11 is 0. The first kappa shape index (κ1) is 18.9. The van der Waals surface area contributed by atoms with Crippen molar-refractivity contribution in [2.45, 2.75) is 27.2 Å². The number of anilines is 3. The number of amides is 1. The summed E-state index contributed by atoms with van der Waals surface area (Å²) in [5.41, 5.74) is 9.13. The molecule has 0 saturated carbocycles. The largest absolute Gasteiger partial charge is 0.368 e. The lowest BCUT2D eigenvalue weighted by Gasteiger charge is -2.29. The van der Waals surface area contributed by atoms with Crippen LogP contribution in [0.15, 0.2) is 30.1 Å². The van der Waals surface area contributed by atoms with Crippen molar-refractivity contribution in [3.05, 3.63) is 35.7 Å². The molecular weight excluding hydrogens is 342 g/mol. The van der Waals surface area contributed by atoms with Gasteiger partial charge in [-0.15, -0.1) is 5.10 Å². The molecule has 0 bridgehead atoms. The summed E-state index contributed by atoms with van der Waals surface area (Å²) in [5, 5.41) is 11.0. The number of carbonyl (C=O) groups excluding carboxylic acids is 1. The van der Waals surface area contributed by atoms with Crippen LogP contribution < -0.4 is 21.3 Å². The van der Waals surface area contributed by atoms with Crippen molar-refractivity contribution in [2.75, 3.05) is 36.4 Å². The van der Waals surface area contributed by atoms with Gasteiger partial charge in [0.25, 0.3) is 5.91 Å². The van der Waals surface area contributed by atoms with Crippen LogP contribution in [0.1, 0.15) is 37.6 Å². The van der Waals surface area contributed by atoms with Gasteiger partial charge in [-0.25, -0.2) is 9.67 Å². The lowest BCUT2D eigenvalue weighted by molar-refractivity contribution is 0.100. The van der Waals surface area contributed by atoms with E-state index in [0.717, 1.165) is 44.0 Å². The van der Waals surface area contributed by atoms with Gasteiger partial charge in [0.15, 0.2) is 5.82 Å². The van der Waals surface area contributed by atoms with Gasteiger partial charge in [-0.2, -0.15) is 0 Å². The predicted molar refractivity (Wildman–Crippen MR) is 108 cm³/mol. The van der Waals surface area contributed by atoms with Gasteiger partial charge in [-0.05, 0) is 32.4 Å². The number of nitrogens with zero attached hydrogens (tertiary/aromatic N) is 4. The number of hydrogen-bond donors (Lipinski definition) is 3. The van der Waals surface area contributed by atoms with Crippen molar-refractivity contribution < 1.29 is 4.79 Å². The summed E-state index contributed by atoms with van der Waals surface area (Å²) in [7, 11) is 0. The van der Waals surface area contributed by atoms with Crippen LogP contribution in [0.4, 0.5) is 17.3 Å². The average molecular weight is 369 g/mol. The monoisotopic (exact) mass is 369 g/mol. The number of hydrogen-bond acceptors (Lipinski definition) is 6. The number of rotatable bonds is 6. The third-order valence-corrected chi connectivity index (χ3v) is 4.95. The Morgan fingerprint density at radius 1 is 1.30 bits per heavy atom. The molecular formula is C19H27N7O. The van der Waals surface area contributed by atoms with Crippen molar-refractivity contribution in [2.24, 2.45) is 5.73 Å². The van der Waals surface area contributed by atoms with E-state index in [0.29, 0.717) is 17.2 Å². The Balaban J connectivity index is 1.82. The van der Waals surface area contributed by atoms with E-state index in [4.69, 9.17) is 5.73 Å². The molecule has 0 unspecified atom stereocenters. The lowest BCUT2D eigenvalue weighted by atomic mass is 10.2. The van der Waals surface area contributed by atoms with Crippen LogP contribution in [0.5, 0.6) is 0 Å². The Morgan fingerprint density at radius 3 is 2.63 bits per heavy atom. The van der Waals surface area contributed by atoms with Crippen LogP contribution in [0, 0.1) is 0 Å². The summed E-state index contributed by atoms with van der Waals surface area (Å²) in [6, 6.07) is 3.91. The SMILES string of the molecule is CC/C(C)=C(/C)n1cc(C(N)=O)c(Nc2ccc(N3CCNCC3)cn2)n1. The molecule has 144 valence electrons. The molecule has 8 heteroatoms. The lowest BCUT2D eigenvalue weighted by Crippen LogP contribution is -2.43. The zero-order valence-electron chi connectivity index (χ0n) is 16.1. The van der Waals surface area contributed by atoms with Gasteiger partial charge in [0.1, 0.15) is 11.4 Å². The number of nitrogens with one attached hydrogen (secondary N) is 2. The number of nitrogens with two attached hydrogens (primary N) is 1. The van der Waals surface area contributed by atoms with Crippen LogP contribution in [0.3, 0.4) is 0 Å². The van der Waals surface area contributed by atoms with Crippen LogP contribution in [0.2, 0.25) is 0 Å². The highest BCUT2D eigenvalue weighted by Crippen LogP contribution is 2.23. The number of piperazine rings is 1. The number of primary amides is 1. The minimum atomic E-state index is -0.525. The topological polar surface area (TPSA) is 101 Å². The maximum absolute atomic E-state index is 11.8. The molecule has 2 aromatic rings. The normalized spacial score (nSPS) is 15.4. The minimum absolute atomic E-state index is 0.339. The van der Waals surface area contributed by atoms with Gasteiger partial charge >= 0.3 is 0 Å². The molecule has 0 aliphatic carbocycles. The molecule has 0 atom stereocenters. The second-order valence-corrected chi connectivity index (χ2v) is 6.68. The fourth-order valence-electron chi connectivity index (χ4n) is 2.96. The second-order valence-electron chi connectivity index (χ2n) is 6.68. The van der Waals surface area contributed by atoms with E-state index in [-0.39, 0.29) is 0 Å². The van der Waals surface area contributed by atoms with Gasteiger partial charge in [-0.1, -0.05) is 12.5 Å². The Morgan fingerprint density at radius 2 is 2.04 bits per heavy atom. The molecule has 0 spiro atoms. The Labute approximate surface area is 159 Å². The van der Waals surface area contributed by atoms with Gasteiger partial charge in [0.2, 0.25) is 0 Å². The molecule has 27 heavy (non-hydrogen) atoms. The molecule has 2 aromatic heterocycles. The molecule has 0 radical (unpaired) electrons. The fourth-order valence-corrected chi connectivity index (χ4v) is 2.96. The number of aromatic nitrogens is 3. The third kappa shape index (κ3) is 4.28. The van der Waals surface area contributed by atoms with E-state index < -0.39 is 5.91 Å². The van der Waals surface area contributed by atoms with Crippen molar-refractivity contribution in [3.8, 4) is 0 Å². The first-order chi connectivity index (χ1) is 13.0. The molecule has 1 amide bonds. The molecule has 3 rings (SSSR count). The quantitative estimate of drug-likeness (QED) is 0.722. The van der Waals surface area contributed by atoms with E-state index in [1.165, 1.54) is 5.57 Å². The Bertz CT molecular complexity index is 832. The van der Waals surface area contributed by atoms with Crippen LogP contribution in [0.25, 0.3) is 5.70 Å². The number of carbonyl (C=O) groups is 1. The number of pyridine rings is 1. The molecule has 1 saturated heterocycles. The highest BCUT2D eigenvalue weighted by molar-refractivity contribution is 5.98. The minimum Gasteiger partial charge on any atom is -0.368 e. The second kappa shape index (κ2) is 8.22. The highest BCUT2D eigenvalue weighted by Gasteiger charge is 2.16. The Kier molecular flexibility index (Phi) is 5.75. The van der Waals surface area contributed by atoms with E-state index in [1.807, 2.05) is 32.2 Å². The average Bonchev–Trinajstić information content (AvgIpc) is 3.12. The summed E-state index contributed by atoms with van der Waals surface area (Å²) < 4.78 is 1.69. The molecule has 1 fully saturated rings. The zero-order valence-corrected chi connectivity index (χ0v) is 16.1. The molecule has 4 N–H and O–H groups in total. The molecule has 3 heterocycles. The summed E-state index contributed by atoms with van der Waals surface area (Å²) in [4.78, 5) is 18.6. The summed E-state index contributed by atoms with van der Waals surface area (Å²) in [5.74, 6) is 0.506. The van der Waals surface area contributed by atoms with Crippen LogP contribution >= 0.6 is 0 Å². The third-order valence-electron chi connectivity index (χ3n) is 4.95. The maximum atomic E-state index is 11.8. The predicted octanol–water partition coefficient (Wildman–Crippen LogP) is 2.19. The smallest absolute Gasteiger partial charge is 0.254 e. The molecule has 8 nitrogen and oxygen atoms in total.